The Bertz CT molecular complexity index is 559. The first-order chi connectivity index (χ1) is 10.2. The Balaban J connectivity index is 2.06. The molecule has 3 N–H and O–H groups in total. The van der Waals surface area contributed by atoms with Crippen molar-refractivity contribution in [2.45, 2.75) is 19.9 Å². The maximum absolute atomic E-state index is 11.5. The van der Waals surface area contributed by atoms with Crippen molar-refractivity contribution < 1.29 is 9.90 Å². The highest BCUT2D eigenvalue weighted by molar-refractivity contribution is 5.79. The summed E-state index contributed by atoms with van der Waals surface area (Å²) in [6, 6.07) is 6.72. The Kier molecular flexibility index (Phi) is 5.30. The summed E-state index contributed by atoms with van der Waals surface area (Å²) in [4.78, 5) is 21.1. The molecule has 1 aromatic heterocycles. The van der Waals surface area contributed by atoms with Gasteiger partial charge in [-0.3, -0.25) is 10.1 Å². The molecule has 6 nitrogen and oxygen atoms in total. The van der Waals surface area contributed by atoms with Gasteiger partial charge in [0.2, 0.25) is 0 Å². The fraction of sp³-hybridized carbons (Fsp3) is 0.467. The summed E-state index contributed by atoms with van der Waals surface area (Å²) in [6.45, 7) is 7.53. The molecule has 21 heavy (non-hydrogen) atoms. The number of carboxylic acid groups (broad SMARTS) is 1. The van der Waals surface area contributed by atoms with E-state index in [-0.39, 0.29) is 0 Å². The van der Waals surface area contributed by atoms with Gasteiger partial charge in [0, 0.05) is 13.1 Å². The normalized spacial score (nSPS) is 12.9. The first kappa shape index (κ1) is 15.5. The second-order valence-corrected chi connectivity index (χ2v) is 4.89. The lowest BCUT2D eigenvalue weighted by Gasteiger charge is -2.19. The highest BCUT2D eigenvalue weighted by Gasteiger charge is 2.22. The SMILES string of the molecule is CCN(CC)CCNC(C(=O)O)c1nc2ccccc2[nH]1. The number of nitrogens with zero attached hydrogens (tertiary/aromatic N) is 2. The zero-order valence-corrected chi connectivity index (χ0v) is 12.5. The maximum Gasteiger partial charge on any atom is 0.328 e. The van der Waals surface area contributed by atoms with Gasteiger partial charge in [0.25, 0.3) is 0 Å². The monoisotopic (exact) mass is 290 g/mol. The molecule has 0 spiro atoms. The van der Waals surface area contributed by atoms with Gasteiger partial charge in [-0.25, -0.2) is 4.98 Å². The molecule has 0 saturated heterocycles. The molecule has 1 heterocycles. The molecule has 0 aliphatic rings. The fourth-order valence-electron chi connectivity index (χ4n) is 2.32. The van der Waals surface area contributed by atoms with E-state index < -0.39 is 12.0 Å². The van der Waals surface area contributed by atoms with Crippen molar-refractivity contribution in [3.8, 4) is 0 Å². The number of rotatable bonds is 8. The Hall–Kier alpha value is -1.92. The van der Waals surface area contributed by atoms with Gasteiger partial charge in [-0.2, -0.15) is 0 Å². The number of aliphatic carboxylic acids is 1. The average Bonchev–Trinajstić information content (AvgIpc) is 2.90. The van der Waals surface area contributed by atoms with Crippen LogP contribution in [0.3, 0.4) is 0 Å². The number of H-pyrrole nitrogens is 1. The van der Waals surface area contributed by atoms with Crippen molar-refractivity contribution in [3.63, 3.8) is 0 Å². The highest BCUT2D eigenvalue weighted by Crippen LogP contribution is 2.16. The van der Waals surface area contributed by atoms with E-state index in [2.05, 4.69) is 34.0 Å². The molecule has 2 aromatic rings. The number of aromatic nitrogens is 2. The van der Waals surface area contributed by atoms with Crippen LogP contribution in [0.25, 0.3) is 11.0 Å². The van der Waals surface area contributed by atoms with Gasteiger partial charge in [-0.1, -0.05) is 26.0 Å². The molecule has 0 aliphatic heterocycles. The summed E-state index contributed by atoms with van der Waals surface area (Å²) >= 11 is 0. The number of hydrogen-bond acceptors (Lipinski definition) is 4. The molecule has 114 valence electrons. The van der Waals surface area contributed by atoms with E-state index in [9.17, 15) is 9.90 Å². The summed E-state index contributed by atoms with van der Waals surface area (Å²) in [7, 11) is 0. The first-order valence-corrected chi connectivity index (χ1v) is 7.28. The van der Waals surface area contributed by atoms with Gasteiger partial charge in [0.05, 0.1) is 11.0 Å². The molecule has 1 aromatic carbocycles. The van der Waals surface area contributed by atoms with Crippen LogP contribution >= 0.6 is 0 Å². The number of carboxylic acids is 1. The number of aromatic amines is 1. The maximum atomic E-state index is 11.5. The van der Waals surface area contributed by atoms with E-state index in [1.165, 1.54) is 0 Å². The summed E-state index contributed by atoms with van der Waals surface area (Å²) in [5, 5.41) is 12.5. The minimum absolute atomic E-state index is 0.447. The van der Waals surface area contributed by atoms with Crippen molar-refractivity contribution in [2.75, 3.05) is 26.2 Å². The number of para-hydroxylation sites is 2. The lowest BCUT2D eigenvalue weighted by atomic mass is 10.3. The molecule has 0 radical (unpaired) electrons. The van der Waals surface area contributed by atoms with Gasteiger partial charge >= 0.3 is 5.97 Å². The number of carbonyl (C=O) groups is 1. The third-order valence-corrected chi connectivity index (χ3v) is 3.60. The van der Waals surface area contributed by atoms with E-state index in [4.69, 9.17) is 0 Å². The predicted molar refractivity (Wildman–Crippen MR) is 82.3 cm³/mol. The summed E-state index contributed by atoms with van der Waals surface area (Å²) < 4.78 is 0. The topological polar surface area (TPSA) is 81.2 Å². The van der Waals surface area contributed by atoms with Crippen LogP contribution < -0.4 is 5.32 Å². The predicted octanol–water partition coefficient (Wildman–Crippen LogP) is 1.62. The molecule has 0 fully saturated rings. The quantitative estimate of drug-likeness (QED) is 0.688. The Morgan fingerprint density at radius 2 is 2.10 bits per heavy atom. The molecule has 1 unspecified atom stereocenters. The van der Waals surface area contributed by atoms with Gasteiger partial charge in [-0.05, 0) is 25.2 Å². The number of imidazole rings is 1. The molecule has 0 saturated carbocycles. The number of benzene rings is 1. The minimum Gasteiger partial charge on any atom is -0.480 e. The lowest BCUT2D eigenvalue weighted by Crippen LogP contribution is -2.36. The van der Waals surface area contributed by atoms with E-state index in [0.717, 1.165) is 30.7 Å². The van der Waals surface area contributed by atoms with Gasteiger partial charge in [0.15, 0.2) is 6.04 Å². The van der Waals surface area contributed by atoms with Gasteiger partial charge in [0.1, 0.15) is 5.82 Å². The van der Waals surface area contributed by atoms with Crippen molar-refractivity contribution in [1.29, 1.82) is 0 Å². The molecule has 1 atom stereocenters. The number of nitrogens with one attached hydrogen (secondary N) is 2. The number of likely N-dealkylation sites (N-methyl/N-ethyl adjacent to an activating group) is 1. The largest absolute Gasteiger partial charge is 0.480 e. The number of hydrogen-bond donors (Lipinski definition) is 3. The summed E-state index contributed by atoms with van der Waals surface area (Å²) in [5.41, 5.74) is 1.63. The third-order valence-electron chi connectivity index (χ3n) is 3.60. The molecular formula is C15H22N4O2. The van der Waals surface area contributed by atoms with Crippen molar-refractivity contribution in [3.05, 3.63) is 30.1 Å². The van der Waals surface area contributed by atoms with Crippen LogP contribution in [-0.4, -0.2) is 52.1 Å². The van der Waals surface area contributed by atoms with Crippen LogP contribution in [-0.2, 0) is 4.79 Å². The fourth-order valence-corrected chi connectivity index (χ4v) is 2.32. The smallest absolute Gasteiger partial charge is 0.328 e. The van der Waals surface area contributed by atoms with Gasteiger partial charge in [-0.15, -0.1) is 0 Å². The summed E-state index contributed by atoms with van der Waals surface area (Å²) in [5.74, 6) is -0.475. The van der Waals surface area contributed by atoms with E-state index in [1.807, 2.05) is 24.3 Å². The summed E-state index contributed by atoms with van der Waals surface area (Å²) in [6.07, 6.45) is 0. The van der Waals surface area contributed by atoms with Crippen molar-refractivity contribution in [1.82, 2.24) is 20.2 Å². The van der Waals surface area contributed by atoms with Crippen molar-refractivity contribution >= 4 is 17.0 Å². The standard InChI is InChI=1S/C15H22N4O2/c1-3-19(4-2)10-9-16-13(15(20)21)14-17-11-7-5-6-8-12(11)18-14/h5-8,13,16H,3-4,9-10H2,1-2H3,(H,17,18)(H,20,21). The van der Waals surface area contributed by atoms with Gasteiger partial charge < -0.3 is 15.0 Å². The second-order valence-electron chi connectivity index (χ2n) is 4.89. The lowest BCUT2D eigenvalue weighted by molar-refractivity contribution is -0.139. The molecule has 0 bridgehead atoms. The zero-order chi connectivity index (χ0) is 15.2. The van der Waals surface area contributed by atoms with Crippen LogP contribution in [0.4, 0.5) is 0 Å². The third kappa shape index (κ3) is 3.80. The van der Waals surface area contributed by atoms with E-state index >= 15 is 0 Å². The highest BCUT2D eigenvalue weighted by atomic mass is 16.4. The van der Waals surface area contributed by atoms with Crippen LogP contribution in [0.15, 0.2) is 24.3 Å². The average molecular weight is 290 g/mol. The zero-order valence-electron chi connectivity index (χ0n) is 12.5. The van der Waals surface area contributed by atoms with Crippen LogP contribution in [0.2, 0.25) is 0 Å². The molecule has 0 aliphatic carbocycles. The molecule has 2 rings (SSSR count). The molecule has 0 amide bonds. The second kappa shape index (κ2) is 7.19. The Morgan fingerprint density at radius 3 is 2.71 bits per heavy atom. The van der Waals surface area contributed by atoms with Crippen LogP contribution in [0.1, 0.15) is 25.7 Å². The minimum atomic E-state index is -0.923. The van der Waals surface area contributed by atoms with E-state index in [1.54, 1.807) is 0 Å². The first-order valence-electron chi connectivity index (χ1n) is 7.28. The van der Waals surface area contributed by atoms with Crippen molar-refractivity contribution in [2.24, 2.45) is 0 Å². The van der Waals surface area contributed by atoms with E-state index in [0.29, 0.717) is 12.4 Å². The van der Waals surface area contributed by atoms with Crippen LogP contribution in [0.5, 0.6) is 0 Å². The Morgan fingerprint density at radius 1 is 1.38 bits per heavy atom. The molecular weight excluding hydrogens is 268 g/mol. The molecule has 6 heteroatoms. The Labute approximate surface area is 124 Å². The van der Waals surface area contributed by atoms with Crippen LogP contribution in [0, 0.1) is 0 Å². The number of fused-ring (bicyclic) bond motifs is 1.